The van der Waals surface area contributed by atoms with E-state index in [9.17, 15) is 9.59 Å². The fourth-order valence-electron chi connectivity index (χ4n) is 5.12. The van der Waals surface area contributed by atoms with Crippen molar-refractivity contribution in [3.63, 3.8) is 0 Å². The van der Waals surface area contributed by atoms with Crippen LogP contribution in [0.1, 0.15) is 47.1 Å². The number of pyridine rings is 1. The molecule has 1 aliphatic carbocycles. The zero-order chi connectivity index (χ0) is 26.3. The van der Waals surface area contributed by atoms with Gasteiger partial charge in [0, 0.05) is 29.8 Å². The van der Waals surface area contributed by atoms with Crippen molar-refractivity contribution < 1.29 is 14.3 Å². The second kappa shape index (κ2) is 11.8. The molecule has 192 valence electrons. The van der Waals surface area contributed by atoms with E-state index >= 15 is 0 Å². The number of ether oxygens (including phenoxy) is 2. The van der Waals surface area contributed by atoms with Crippen molar-refractivity contribution in [2.45, 2.75) is 32.2 Å². The fourth-order valence-corrected chi connectivity index (χ4v) is 5.12. The number of nitrogens with zero attached hydrogens (tertiary/aromatic N) is 1. The minimum atomic E-state index is -0.374. The minimum Gasteiger partial charge on any atom is -0.482 e. The normalized spacial score (nSPS) is 12.5. The number of carbonyl (C=O) groups excluding carboxylic acids is 1. The first-order valence-corrected chi connectivity index (χ1v) is 13.0. The summed E-state index contributed by atoms with van der Waals surface area (Å²) in [5, 5.41) is 0. The van der Waals surface area contributed by atoms with Crippen LogP contribution in [0.5, 0.6) is 5.75 Å². The van der Waals surface area contributed by atoms with Crippen LogP contribution in [0.4, 0.5) is 0 Å². The lowest BCUT2D eigenvalue weighted by atomic mass is 9.86. The van der Waals surface area contributed by atoms with Gasteiger partial charge in [-0.2, -0.15) is 0 Å². The lowest BCUT2D eigenvalue weighted by Crippen LogP contribution is -2.26. The lowest BCUT2D eigenvalue weighted by Gasteiger charge is -2.22. The molecule has 0 aliphatic heterocycles. The monoisotopic (exact) mass is 505 g/mol. The summed E-state index contributed by atoms with van der Waals surface area (Å²) >= 11 is 0. The van der Waals surface area contributed by atoms with Crippen LogP contribution in [0.15, 0.2) is 108 Å². The molecule has 0 saturated carbocycles. The first kappa shape index (κ1) is 25.3. The predicted octanol–water partition coefficient (Wildman–Crippen LogP) is 6.00. The number of hydrogen-bond donors (Lipinski definition) is 0. The summed E-state index contributed by atoms with van der Waals surface area (Å²) in [4.78, 5) is 25.5. The molecule has 0 amide bonds. The van der Waals surface area contributed by atoms with Crippen molar-refractivity contribution in [2.75, 3.05) is 13.2 Å². The van der Waals surface area contributed by atoms with Gasteiger partial charge in [0.1, 0.15) is 5.75 Å². The molecule has 1 heterocycles. The molecule has 0 unspecified atom stereocenters. The van der Waals surface area contributed by atoms with Crippen LogP contribution in [-0.2, 0) is 22.5 Å². The van der Waals surface area contributed by atoms with Crippen LogP contribution < -0.4 is 10.3 Å². The lowest BCUT2D eigenvalue weighted by molar-refractivity contribution is -0.145. The Morgan fingerprint density at radius 3 is 2.26 bits per heavy atom. The second-order valence-corrected chi connectivity index (χ2v) is 9.37. The highest BCUT2D eigenvalue weighted by Gasteiger charge is 2.21. The molecule has 0 fully saturated rings. The number of carbonyl (C=O) groups is 1. The van der Waals surface area contributed by atoms with E-state index in [1.165, 1.54) is 5.57 Å². The third kappa shape index (κ3) is 5.62. The predicted molar refractivity (Wildman–Crippen MR) is 149 cm³/mol. The van der Waals surface area contributed by atoms with E-state index in [1.54, 1.807) is 6.92 Å². The molecule has 0 spiro atoms. The Morgan fingerprint density at radius 1 is 0.868 bits per heavy atom. The van der Waals surface area contributed by atoms with E-state index in [0.29, 0.717) is 18.9 Å². The van der Waals surface area contributed by atoms with Gasteiger partial charge in [-0.3, -0.25) is 4.79 Å². The summed E-state index contributed by atoms with van der Waals surface area (Å²) in [5.74, 6) is 0.191. The molecule has 5 heteroatoms. The van der Waals surface area contributed by atoms with Crippen LogP contribution in [-0.4, -0.2) is 23.8 Å². The van der Waals surface area contributed by atoms with Crippen LogP contribution in [0.3, 0.4) is 0 Å². The molecule has 3 aromatic carbocycles. The maximum Gasteiger partial charge on any atom is 0.344 e. The molecule has 0 N–H and O–H groups in total. The van der Waals surface area contributed by atoms with Gasteiger partial charge in [0.25, 0.3) is 5.56 Å². The second-order valence-electron chi connectivity index (χ2n) is 9.37. The van der Waals surface area contributed by atoms with Gasteiger partial charge in [-0.1, -0.05) is 84.9 Å². The van der Waals surface area contributed by atoms with Gasteiger partial charge >= 0.3 is 5.97 Å². The standard InChI is InChI=1S/C33H31NO4/c1-2-37-31(35)23-38-30-17-9-15-27-21-24(18-19-28(27)30)22-34-20-10-16-29(33(34)36)32(25-11-5-3-6-12-25)26-13-7-4-8-14-26/h3-17,20-21,32H,2,18-19,22-23H2,1H3. The van der Waals surface area contributed by atoms with E-state index in [1.807, 2.05) is 77.5 Å². The van der Waals surface area contributed by atoms with Crippen molar-refractivity contribution in [3.8, 4) is 5.75 Å². The fraction of sp³-hybridized carbons (Fsp3) is 0.212. The van der Waals surface area contributed by atoms with Crippen LogP contribution in [0.2, 0.25) is 0 Å². The zero-order valence-corrected chi connectivity index (χ0v) is 21.5. The van der Waals surface area contributed by atoms with E-state index in [2.05, 4.69) is 30.3 Å². The SMILES string of the molecule is CCOC(=O)COc1cccc2c1CCC(Cn1cccc(C(c3ccccc3)c3ccccc3)c1=O)=C2. The summed E-state index contributed by atoms with van der Waals surface area (Å²) in [6.07, 6.45) is 5.60. The number of esters is 1. The maximum atomic E-state index is 13.8. The van der Waals surface area contributed by atoms with Gasteiger partial charge < -0.3 is 14.0 Å². The van der Waals surface area contributed by atoms with E-state index < -0.39 is 0 Å². The number of benzene rings is 3. The Labute approximate surface area is 223 Å². The van der Waals surface area contributed by atoms with E-state index in [0.717, 1.165) is 40.7 Å². The van der Waals surface area contributed by atoms with Crippen molar-refractivity contribution >= 4 is 12.0 Å². The van der Waals surface area contributed by atoms with Gasteiger partial charge in [-0.15, -0.1) is 0 Å². The molecular formula is C33H31NO4. The van der Waals surface area contributed by atoms with Crippen molar-refractivity contribution in [2.24, 2.45) is 0 Å². The maximum absolute atomic E-state index is 13.8. The molecule has 0 radical (unpaired) electrons. The molecule has 1 aliphatic rings. The largest absolute Gasteiger partial charge is 0.482 e. The molecule has 38 heavy (non-hydrogen) atoms. The first-order valence-electron chi connectivity index (χ1n) is 13.0. The summed E-state index contributed by atoms with van der Waals surface area (Å²) in [5.41, 5.74) is 6.28. The zero-order valence-electron chi connectivity index (χ0n) is 21.5. The highest BCUT2D eigenvalue weighted by atomic mass is 16.6. The topological polar surface area (TPSA) is 57.5 Å². The van der Waals surface area contributed by atoms with Crippen molar-refractivity contribution in [1.29, 1.82) is 0 Å². The number of rotatable bonds is 9. The number of hydrogen-bond acceptors (Lipinski definition) is 4. The third-order valence-electron chi connectivity index (χ3n) is 6.88. The third-order valence-corrected chi connectivity index (χ3v) is 6.88. The molecule has 0 saturated heterocycles. The quantitative estimate of drug-likeness (QED) is 0.262. The summed E-state index contributed by atoms with van der Waals surface area (Å²) in [7, 11) is 0. The first-order chi connectivity index (χ1) is 18.6. The van der Waals surface area contributed by atoms with Gasteiger partial charge in [-0.05, 0) is 54.2 Å². The van der Waals surface area contributed by atoms with Crippen LogP contribution in [0, 0.1) is 0 Å². The molecule has 5 rings (SSSR count). The average Bonchev–Trinajstić information content (AvgIpc) is 2.95. The van der Waals surface area contributed by atoms with E-state index in [-0.39, 0.29) is 24.1 Å². The Hall–Kier alpha value is -4.38. The van der Waals surface area contributed by atoms with Crippen molar-refractivity contribution in [3.05, 3.63) is 141 Å². The average molecular weight is 506 g/mol. The number of allylic oxidation sites excluding steroid dienone is 1. The molecule has 0 bridgehead atoms. The summed E-state index contributed by atoms with van der Waals surface area (Å²) in [6, 6.07) is 30.1. The van der Waals surface area contributed by atoms with Gasteiger partial charge in [-0.25, -0.2) is 4.79 Å². The highest BCUT2D eigenvalue weighted by molar-refractivity contribution is 5.71. The highest BCUT2D eigenvalue weighted by Crippen LogP contribution is 2.32. The molecule has 4 aromatic rings. The Balaban J connectivity index is 1.42. The smallest absolute Gasteiger partial charge is 0.344 e. The summed E-state index contributed by atoms with van der Waals surface area (Å²) < 4.78 is 12.5. The van der Waals surface area contributed by atoms with Crippen LogP contribution >= 0.6 is 0 Å². The van der Waals surface area contributed by atoms with Gasteiger partial charge in [0.2, 0.25) is 0 Å². The number of aromatic nitrogens is 1. The van der Waals surface area contributed by atoms with E-state index in [4.69, 9.17) is 9.47 Å². The minimum absolute atomic E-state index is 0.0171. The van der Waals surface area contributed by atoms with Gasteiger partial charge in [0.05, 0.1) is 6.61 Å². The molecule has 0 atom stereocenters. The van der Waals surface area contributed by atoms with Crippen molar-refractivity contribution in [1.82, 2.24) is 4.57 Å². The number of fused-ring (bicyclic) bond motifs is 1. The Morgan fingerprint density at radius 2 is 1.58 bits per heavy atom. The Bertz CT molecular complexity index is 1450. The van der Waals surface area contributed by atoms with Crippen LogP contribution in [0.25, 0.3) is 6.08 Å². The van der Waals surface area contributed by atoms with Gasteiger partial charge in [0.15, 0.2) is 6.61 Å². The molecule has 5 nitrogen and oxygen atoms in total. The molecular weight excluding hydrogens is 474 g/mol. The molecule has 1 aromatic heterocycles. The summed E-state index contributed by atoms with van der Waals surface area (Å²) in [6.45, 7) is 2.53. The Kier molecular flexibility index (Phi) is 7.84.